The summed E-state index contributed by atoms with van der Waals surface area (Å²) in [6, 6.07) is 34.9. The van der Waals surface area contributed by atoms with E-state index in [-0.39, 0.29) is 12.1 Å². The molecule has 2 atom stereocenters. The van der Waals surface area contributed by atoms with E-state index in [2.05, 4.69) is 42.5 Å². The maximum atomic E-state index is 6.45. The third-order valence-corrected chi connectivity index (χ3v) is 5.84. The van der Waals surface area contributed by atoms with Gasteiger partial charge < -0.3 is 9.14 Å². The third-order valence-electron chi connectivity index (χ3n) is 5.84. The molecule has 5 aromatic rings. The molecule has 3 aromatic carbocycles. The minimum absolute atomic E-state index is 0.119. The van der Waals surface area contributed by atoms with E-state index in [0.717, 1.165) is 33.6 Å². The molecule has 3 heterocycles. The van der Waals surface area contributed by atoms with E-state index in [4.69, 9.17) is 14.7 Å². The van der Waals surface area contributed by atoms with Crippen LogP contribution < -0.4 is 0 Å². The van der Waals surface area contributed by atoms with Crippen LogP contribution in [-0.4, -0.2) is 15.3 Å². The molecule has 6 rings (SSSR count). The van der Waals surface area contributed by atoms with Crippen molar-refractivity contribution in [2.24, 2.45) is 4.99 Å². The van der Waals surface area contributed by atoms with Crippen molar-refractivity contribution in [3.8, 4) is 11.1 Å². The molecule has 0 aliphatic carbocycles. The van der Waals surface area contributed by atoms with Crippen molar-refractivity contribution in [1.29, 1.82) is 0 Å². The van der Waals surface area contributed by atoms with E-state index in [9.17, 15) is 0 Å². The molecule has 4 heteroatoms. The summed E-state index contributed by atoms with van der Waals surface area (Å²) in [6.45, 7) is 0. The van der Waals surface area contributed by atoms with Crippen molar-refractivity contribution in [2.75, 3.05) is 0 Å². The van der Waals surface area contributed by atoms with E-state index < -0.39 is 0 Å². The van der Waals surface area contributed by atoms with E-state index >= 15 is 0 Å². The highest BCUT2D eigenvalue weighted by Crippen LogP contribution is 2.41. The summed E-state index contributed by atoms with van der Waals surface area (Å²) in [5, 5.41) is 0. The van der Waals surface area contributed by atoms with E-state index in [1.54, 1.807) is 0 Å². The lowest BCUT2D eigenvalue weighted by molar-refractivity contribution is 0.196. The summed E-state index contributed by atoms with van der Waals surface area (Å²) in [5.41, 5.74) is 6.08. The molecule has 2 aromatic heterocycles. The van der Waals surface area contributed by atoms with Crippen LogP contribution in [-0.2, 0) is 4.74 Å². The van der Waals surface area contributed by atoms with Gasteiger partial charge in [0.1, 0.15) is 17.4 Å². The lowest BCUT2D eigenvalue weighted by atomic mass is 9.97. The summed E-state index contributed by atoms with van der Waals surface area (Å²) in [4.78, 5) is 9.94. The third kappa shape index (κ3) is 3.26. The number of hydrogen-bond donors (Lipinski definition) is 0. The fourth-order valence-electron chi connectivity index (χ4n) is 4.29. The number of imidazole rings is 1. The molecule has 0 radical (unpaired) electrons. The molecule has 0 bridgehead atoms. The van der Waals surface area contributed by atoms with Gasteiger partial charge in [0.2, 0.25) is 5.90 Å². The summed E-state index contributed by atoms with van der Waals surface area (Å²) in [7, 11) is 0. The second-order valence-corrected chi connectivity index (χ2v) is 7.88. The molecular weight excluding hydrogens is 394 g/mol. The van der Waals surface area contributed by atoms with Crippen LogP contribution in [0.2, 0.25) is 0 Å². The standard InChI is InChI=1S/C28H21N3O/c1-4-11-20(12-5-1)23-17-10-18-31-19-24(29-27(23)31)28-30-25(21-13-6-2-7-14-21)26(32-28)22-15-8-3-9-16-22/h1-19,25-26H/t25-,26?/m1/s1. The van der Waals surface area contributed by atoms with Crippen LogP contribution in [0.15, 0.2) is 121 Å². The topological polar surface area (TPSA) is 38.9 Å². The number of fused-ring (bicyclic) bond motifs is 1. The van der Waals surface area contributed by atoms with Crippen molar-refractivity contribution in [1.82, 2.24) is 9.38 Å². The maximum Gasteiger partial charge on any atom is 0.238 e. The SMILES string of the molecule is c1ccc(-c2cccn3cc(C4=N[C@H](c5ccccc5)C(c5ccccc5)O4)nc23)cc1. The normalized spacial score (nSPS) is 17.8. The van der Waals surface area contributed by atoms with Gasteiger partial charge in [-0.2, -0.15) is 0 Å². The molecule has 1 aliphatic rings. The van der Waals surface area contributed by atoms with Crippen LogP contribution in [0, 0.1) is 0 Å². The number of aromatic nitrogens is 2. The smallest absolute Gasteiger partial charge is 0.238 e. The molecule has 0 N–H and O–H groups in total. The molecule has 154 valence electrons. The molecule has 32 heavy (non-hydrogen) atoms. The first-order chi connectivity index (χ1) is 15.9. The number of rotatable bonds is 4. The molecule has 4 nitrogen and oxygen atoms in total. The van der Waals surface area contributed by atoms with E-state index in [1.807, 2.05) is 77.5 Å². The molecule has 0 spiro atoms. The molecular formula is C28H21N3O. The highest BCUT2D eigenvalue weighted by Gasteiger charge is 2.35. The van der Waals surface area contributed by atoms with Crippen LogP contribution in [0.5, 0.6) is 0 Å². The molecule has 0 saturated carbocycles. The zero-order valence-electron chi connectivity index (χ0n) is 17.4. The average Bonchev–Trinajstić information content (AvgIpc) is 3.50. The first-order valence-corrected chi connectivity index (χ1v) is 10.7. The van der Waals surface area contributed by atoms with Gasteiger partial charge in [0.15, 0.2) is 6.10 Å². The number of benzene rings is 3. The molecule has 1 unspecified atom stereocenters. The monoisotopic (exact) mass is 415 g/mol. The lowest BCUT2D eigenvalue weighted by Crippen LogP contribution is -2.09. The van der Waals surface area contributed by atoms with Crippen LogP contribution in [0.3, 0.4) is 0 Å². The quantitative estimate of drug-likeness (QED) is 0.347. The van der Waals surface area contributed by atoms with Crippen molar-refractivity contribution in [2.45, 2.75) is 12.1 Å². The van der Waals surface area contributed by atoms with Crippen molar-refractivity contribution in [3.05, 3.63) is 132 Å². The zero-order chi connectivity index (χ0) is 21.3. The number of pyridine rings is 1. The van der Waals surface area contributed by atoms with Gasteiger partial charge in [-0.1, -0.05) is 91.0 Å². The van der Waals surface area contributed by atoms with Gasteiger partial charge in [-0.3, -0.25) is 0 Å². The minimum atomic E-state index is -0.188. The Labute approximate surface area is 186 Å². The Bertz CT molecular complexity index is 1390. The number of aliphatic imine (C=N–C) groups is 1. The molecule has 0 fully saturated rings. The number of nitrogens with zero attached hydrogens (tertiary/aromatic N) is 3. The van der Waals surface area contributed by atoms with Crippen molar-refractivity contribution < 1.29 is 4.74 Å². The fourth-order valence-corrected chi connectivity index (χ4v) is 4.29. The fraction of sp³-hybridized carbons (Fsp3) is 0.0714. The summed E-state index contributed by atoms with van der Waals surface area (Å²) >= 11 is 0. The van der Waals surface area contributed by atoms with Crippen LogP contribution in [0.4, 0.5) is 0 Å². The summed E-state index contributed by atoms with van der Waals surface area (Å²) in [5.74, 6) is 0.579. The van der Waals surface area contributed by atoms with Gasteiger partial charge in [0, 0.05) is 18.0 Å². The Kier molecular flexibility index (Phi) is 4.54. The zero-order valence-corrected chi connectivity index (χ0v) is 17.4. The lowest BCUT2D eigenvalue weighted by Gasteiger charge is -2.18. The minimum Gasteiger partial charge on any atom is -0.465 e. The van der Waals surface area contributed by atoms with Gasteiger partial charge >= 0.3 is 0 Å². The Balaban J connectivity index is 1.44. The van der Waals surface area contributed by atoms with Gasteiger partial charge in [-0.15, -0.1) is 0 Å². The Morgan fingerprint density at radius 1 is 0.688 bits per heavy atom. The number of hydrogen-bond acceptors (Lipinski definition) is 3. The van der Waals surface area contributed by atoms with Gasteiger partial charge in [-0.25, -0.2) is 9.98 Å². The van der Waals surface area contributed by atoms with E-state index in [1.165, 1.54) is 0 Å². The Morgan fingerprint density at radius 3 is 2.06 bits per heavy atom. The van der Waals surface area contributed by atoms with Gasteiger partial charge in [0.05, 0.1) is 0 Å². The molecule has 1 aliphatic heterocycles. The second-order valence-electron chi connectivity index (χ2n) is 7.88. The van der Waals surface area contributed by atoms with Crippen molar-refractivity contribution >= 4 is 11.5 Å². The first kappa shape index (κ1) is 18.6. The highest BCUT2D eigenvalue weighted by atomic mass is 16.5. The van der Waals surface area contributed by atoms with Crippen LogP contribution >= 0.6 is 0 Å². The van der Waals surface area contributed by atoms with Gasteiger partial charge in [-0.05, 0) is 28.8 Å². The predicted molar refractivity (Wildman–Crippen MR) is 127 cm³/mol. The van der Waals surface area contributed by atoms with Crippen LogP contribution in [0.1, 0.15) is 29.0 Å². The number of ether oxygens (including phenoxy) is 1. The van der Waals surface area contributed by atoms with Gasteiger partial charge in [0.25, 0.3) is 0 Å². The van der Waals surface area contributed by atoms with Crippen molar-refractivity contribution in [3.63, 3.8) is 0 Å². The average molecular weight is 415 g/mol. The highest BCUT2D eigenvalue weighted by molar-refractivity contribution is 5.95. The first-order valence-electron chi connectivity index (χ1n) is 10.7. The largest absolute Gasteiger partial charge is 0.465 e. The molecule has 0 saturated heterocycles. The van der Waals surface area contributed by atoms with Crippen LogP contribution in [0.25, 0.3) is 16.8 Å². The Hall–Kier alpha value is -4.18. The second kappa shape index (κ2) is 7.82. The maximum absolute atomic E-state index is 6.45. The Morgan fingerprint density at radius 2 is 1.34 bits per heavy atom. The van der Waals surface area contributed by atoms with E-state index in [0.29, 0.717) is 5.90 Å². The predicted octanol–water partition coefficient (Wildman–Crippen LogP) is 6.26. The molecule has 0 amide bonds. The summed E-state index contributed by atoms with van der Waals surface area (Å²) < 4.78 is 8.49. The summed E-state index contributed by atoms with van der Waals surface area (Å²) in [6.07, 6.45) is 3.82.